The van der Waals surface area contributed by atoms with E-state index in [1.165, 1.54) is 0 Å². The first-order valence-electron chi connectivity index (χ1n) is 9.47. The fraction of sp³-hybridized carbons (Fsp3) is 0.0870. The van der Waals surface area contributed by atoms with E-state index in [2.05, 4.69) is 25.8 Å². The highest BCUT2D eigenvalue weighted by Gasteiger charge is 2.07. The molecule has 150 valence electrons. The van der Waals surface area contributed by atoms with Gasteiger partial charge in [-0.3, -0.25) is 9.78 Å². The zero-order chi connectivity index (χ0) is 20.8. The molecule has 3 aromatic carbocycles. The van der Waals surface area contributed by atoms with Gasteiger partial charge in [0.05, 0.1) is 7.11 Å². The van der Waals surface area contributed by atoms with E-state index in [1.54, 1.807) is 7.11 Å². The summed E-state index contributed by atoms with van der Waals surface area (Å²) in [7, 11) is 1.62. The summed E-state index contributed by atoms with van der Waals surface area (Å²) < 4.78 is 5.14. The van der Waals surface area contributed by atoms with Crippen molar-refractivity contribution in [2.45, 2.75) is 6.42 Å². The van der Waals surface area contributed by atoms with E-state index < -0.39 is 0 Å². The number of aromatic amines is 1. The SMILES string of the molecule is COc1ccc(Cc2nnc(Nc3ccc(Nc4ccccc4)cc3)[nH]c2=O)cc1. The van der Waals surface area contributed by atoms with Crippen molar-refractivity contribution in [2.75, 3.05) is 17.7 Å². The fourth-order valence-electron chi connectivity index (χ4n) is 2.93. The van der Waals surface area contributed by atoms with Crippen molar-refractivity contribution in [3.63, 3.8) is 0 Å². The van der Waals surface area contributed by atoms with Crippen molar-refractivity contribution < 1.29 is 4.74 Å². The number of benzene rings is 3. The molecule has 7 heteroatoms. The Kier molecular flexibility index (Phi) is 5.70. The van der Waals surface area contributed by atoms with Gasteiger partial charge >= 0.3 is 0 Å². The predicted molar refractivity (Wildman–Crippen MR) is 118 cm³/mol. The maximum absolute atomic E-state index is 12.4. The number of para-hydroxylation sites is 1. The van der Waals surface area contributed by atoms with Crippen molar-refractivity contribution >= 4 is 23.0 Å². The monoisotopic (exact) mass is 399 g/mol. The van der Waals surface area contributed by atoms with Crippen LogP contribution >= 0.6 is 0 Å². The van der Waals surface area contributed by atoms with Crippen LogP contribution in [0.2, 0.25) is 0 Å². The smallest absolute Gasteiger partial charge is 0.274 e. The van der Waals surface area contributed by atoms with Crippen LogP contribution in [-0.2, 0) is 6.42 Å². The van der Waals surface area contributed by atoms with Gasteiger partial charge in [0.25, 0.3) is 5.56 Å². The molecule has 0 amide bonds. The molecule has 1 heterocycles. The molecule has 4 aromatic rings. The Morgan fingerprint density at radius 2 is 1.43 bits per heavy atom. The van der Waals surface area contributed by atoms with Gasteiger partial charge in [0, 0.05) is 23.5 Å². The minimum atomic E-state index is -0.273. The van der Waals surface area contributed by atoms with Gasteiger partial charge in [0.1, 0.15) is 11.4 Å². The summed E-state index contributed by atoms with van der Waals surface area (Å²) >= 11 is 0. The molecule has 0 saturated heterocycles. The van der Waals surface area contributed by atoms with Gasteiger partial charge in [-0.1, -0.05) is 30.3 Å². The van der Waals surface area contributed by atoms with Gasteiger partial charge in [-0.2, -0.15) is 0 Å². The molecule has 0 aliphatic heterocycles. The average Bonchev–Trinajstić information content (AvgIpc) is 2.78. The lowest BCUT2D eigenvalue weighted by atomic mass is 10.1. The Labute approximate surface area is 173 Å². The normalized spacial score (nSPS) is 10.4. The number of hydrogen-bond acceptors (Lipinski definition) is 6. The standard InChI is InChI=1S/C23H21N5O2/c1-30-20-13-7-16(8-14-20)15-21-22(29)26-23(28-27-21)25-19-11-9-18(10-12-19)24-17-5-3-2-4-6-17/h2-14,24H,15H2,1H3,(H2,25,26,28,29). The van der Waals surface area contributed by atoms with E-state index in [0.717, 1.165) is 28.4 Å². The number of hydrogen-bond donors (Lipinski definition) is 3. The van der Waals surface area contributed by atoms with Gasteiger partial charge in [-0.15, -0.1) is 10.2 Å². The van der Waals surface area contributed by atoms with Crippen LogP contribution in [0.4, 0.5) is 23.0 Å². The van der Waals surface area contributed by atoms with Crippen LogP contribution in [0.15, 0.2) is 83.7 Å². The van der Waals surface area contributed by atoms with Gasteiger partial charge in [-0.25, -0.2) is 0 Å². The number of H-pyrrole nitrogens is 1. The summed E-state index contributed by atoms with van der Waals surface area (Å²) in [6, 6.07) is 25.1. The quantitative estimate of drug-likeness (QED) is 0.430. The van der Waals surface area contributed by atoms with E-state index in [0.29, 0.717) is 18.1 Å². The highest BCUT2D eigenvalue weighted by Crippen LogP contribution is 2.20. The molecule has 3 N–H and O–H groups in total. The first kappa shape index (κ1) is 19.2. The molecular formula is C23H21N5O2. The third kappa shape index (κ3) is 4.82. The highest BCUT2D eigenvalue weighted by atomic mass is 16.5. The first-order valence-corrected chi connectivity index (χ1v) is 9.47. The van der Waals surface area contributed by atoms with Crippen LogP contribution in [0.3, 0.4) is 0 Å². The van der Waals surface area contributed by atoms with E-state index in [1.807, 2.05) is 78.9 Å². The molecule has 0 unspecified atom stereocenters. The van der Waals surface area contributed by atoms with E-state index in [-0.39, 0.29) is 5.56 Å². The largest absolute Gasteiger partial charge is 0.497 e. The summed E-state index contributed by atoms with van der Waals surface area (Å²) in [6.07, 6.45) is 0.395. The molecule has 0 bridgehead atoms. The molecule has 0 radical (unpaired) electrons. The number of anilines is 4. The van der Waals surface area contributed by atoms with Gasteiger partial charge in [0.2, 0.25) is 5.95 Å². The van der Waals surface area contributed by atoms with Crippen LogP contribution in [0, 0.1) is 0 Å². The third-order valence-electron chi connectivity index (χ3n) is 4.51. The van der Waals surface area contributed by atoms with Gasteiger partial charge in [-0.05, 0) is 54.1 Å². The topological polar surface area (TPSA) is 91.9 Å². The van der Waals surface area contributed by atoms with Crippen molar-refractivity contribution in [1.82, 2.24) is 15.2 Å². The molecule has 0 spiro atoms. The van der Waals surface area contributed by atoms with Crippen LogP contribution in [0.5, 0.6) is 5.75 Å². The molecule has 0 saturated carbocycles. The number of rotatable bonds is 7. The minimum Gasteiger partial charge on any atom is -0.497 e. The Bertz CT molecular complexity index is 1160. The van der Waals surface area contributed by atoms with Crippen molar-refractivity contribution in [3.8, 4) is 5.75 Å². The molecular weight excluding hydrogens is 378 g/mol. The summed E-state index contributed by atoms with van der Waals surface area (Å²) in [5.74, 6) is 1.06. The van der Waals surface area contributed by atoms with Crippen LogP contribution in [0.25, 0.3) is 0 Å². The second-order valence-corrected chi connectivity index (χ2v) is 6.67. The van der Waals surface area contributed by atoms with Crippen LogP contribution in [-0.4, -0.2) is 22.3 Å². The molecule has 1 aromatic heterocycles. The Balaban J connectivity index is 1.41. The van der Waals surface area contributed by atoms with Gasteiger partial charge in [0.15, 0.2) is 0 Å². The van der Waals surface area contributed by atoms with E-state index in [9.17, 15) is 4.79 Å². The van der Waals surface area contributed by atoms with Crippen molar-refractivity contribution in [2.24, 2.45) is 0 Å². The molecule has 7 nitrogen and oxygen atoms in total. The number of ether oxygens (including phenoxy) is 1. The Hall–Kier alpha value is -4.13. The van der Waals surface area contributed by atoms with Crippen molar-refractivity contribution in [1.29, 1.82) is 0 Å². The predicted octanol–water partition coefficient (Wildman–Crippen LogP) is 4.25. The molecule has 0 aliphatic rings. The number of nitrogens with one attached hydrogen (secondary N) is 3. The molecule has 0 fully saturated rings. The highest BCUT2D eigenvalue weighted by molar-refractivity contribution is 5.63. The van der Waals surface area contributed by atoms with E-state index >= 15 is 0 Å². The third-order valence-corrected chi connectivity index (χ3v) is 4.51. The van der Waals surface area contributed by atoms with Crippen molar-refractivity contribution in [3.05, 3.63) is 100 Å². The maximum Gasteiger partial charge on any atom is 0.274 e. The average molecular weight is 399 g/mol. The van der Waals surface area contributed by atoms with E-state index in [4.69, 9.17) is 4.74 Å². The number of nitrogens with zero attached hydrogens (tertiary/aromatic N) is 2. The molecule has 0 atom stereocenters. The Morgan fingerprint density at radius 3 is 2.07 bits per heavy atom. The second-order valence-electron chi connectivity index (χ2n) is 6.67. The summed E-state index contributed by atoms with van der Waals surface area (Å²) in [4.78, 5) is 15.1. The first-order chi connectivity index (χ1) is 14.7. The summed E-state index contributed by atoms with van der Waals surface area (Å²) in [5, 5.41) is 14.6. The molecule has 4 rings (SSSR count). The minimum absolute atomic E-state index is 0.273. The maximum atomic E-state index is 12.4. The summed E-state index contributed by atoms with van der Waals surface area (Å²) in [6.45, 7) is 0. The molecule has 30 heavy (non-hydrogen) atoms. The zero-order valence-corrected chi connectivity index (χ0v) is 16.4. The fourth-order valence-corrected chi connectivity index (χ4v) is 2.93. The lowest BCUT2D eigenvalue weighted by molar-refractivity contribution is 0.414. The lowest BCUT2D eigenvalue weighted by Gasteiger charge is -2.09. The zero-order valence-electron chi connectivity index (χ0n) is 16.4. The number of aromatic nitrogens is 3. The summed E-state index contributed by atoms with van der Waals surface area (Å²) in [5.41, 5.74) is 3.81. The lowest BCUT2D eigenvalue weighted by Crippen LogP contribution is -2.18. The van der Waals surface area contributed by atoms with Gasteiger partial charge < -0.3 is 15.4 Å². The van der Waals surface area contributed by atoms with Crippen LogP contribution < -0.4 is 20.9 Å². The second kappa shape index (κ2) is 8.91. The number of methoxy groups -OCH3 is 1. The Morgan fingerprint density at radius 1 is 0.800 bits per heavy atom. The molecule has 0 aliphatic carbocycles. The van der Waals surface area contributed by atoms with Crippen LogP contribution in [0.1, 0.15) is 11.3 Å².